The molecule has 360 valence electrons. The summed E-state index contributed by atoms with van der Waals surface area (Å²) in [7, 11) is 0. The fourth-order valence-corrected chi connectivity index (χ4v) is 6.31. The smallest absolute Gasteiger partial charge is 0.305 e. The van der Waals surface area contributed by atoms with Crippen molar-refractivity contribution >= 4 is 5.97 Å². The van der Waals surface area contributed by atoms with Gasteiger partial charge in [0.25, 0.3) is 0 Å². The summed E-state index contributed by atoms with van der Waals surface area (Å²) in [6.07, 6.45) is 4.74. The summed E-state index contributed by atoms with van der Waals surface area (Å²) in [5.74, 6) is -0.155. The van der Waals surface area contributed by atoms with E-state index in [4.69, 9.17) is 61.6 Å². The monoisotopic (exact) mass is 901 g/mol. The fraction of sp³-hybridized carbons (Fsp3) is 0.620. The Labute approximate surface area is 382 Å². The van der Waals surface area contributed by atoms with E-state index in [1.807, 2.05) is 54.6 Å². The first-order valence-electron chi connectivity index (χ1n) is 23.1. The Morgan fingerprint density at radius 3 is 0.891 bits per heavy atom. The van der Waals surface area contributed by atoms with E-state index in [1.165, 1.54) is 0 Å². The molecule has 0 aliphatic rings. The van der Waals surface area contributed by atoms with Crippen LogP contribution in [0.1, 0.15) is 55.7 Å². The number of hydrogen-bond acceptors (Lipinski definition) is 14. The van der Waals surface area contributed by atoms with Gasteiger partial charge in [-0.2, -0.15) is 0 Å². The van der Waals surface area contributed by atoms with Crippen LogP contribution in [-0.2, 0) is 72.0 Å². The summed E-state index contributed by atoms with van der Waals surface area (Å²) in [4.78, 5) is 11.6. The molecule has 0 aliphatic carbocycles. The first-order chi connectivity index (χ1) is 31.8. The normalized spacial score (nSPS) is 11.6. The van der Waals surface area contributed by atoms with Crippen molar-refractivity contribution in [3.8, 4) is 0 Å². The van der Waals surface area contributed by atoms with E-state index in [1.54, 1.807) is 0 Å². The maximum atomic E-state index is 11.6. The molecule has 3 rings (SSSR count). The zero-order valence-electron chi connectivity index (χ0n) is 38.4. The van der Waals surface area contributed by atoms with Gasteiger partial charge in [0.05, 0.1) is 152 Å². The number of esters is 1. The highest BCUT2D eigenvalue weighted by atomic mass is 16.6. The van der Waals surface area contributed by atoms with Crippen molar-refractivity contribution in [1.29, 1.82) is 0 Å². The van der Waals surface area contributed by atoms with Gasteiger partial charge in [-0.1, -0.05) is 117 Å². The van der Waals surface area contributed by atoms with Gasteiger partial charge in [0, 0.05) is 6.42 Å². The predicted molar refractivity (Wildman–Crippen MR) is 244 cm³/mol. The molecule has 14 heteroatoms. The molecular weight excluding hydrogens is 825 g/mol. The quantitative estimate of drug-likeness (QED) is 0.0338. The van der Waals surface area contributed by atoms with Crippen LogP contribution in [0.2, 0.25) is 0 Å². The lowest BCUT2D eigenvalue weighted by atomic mass is 9.80. The molecule has 0 N–H and O–H groups in total. The van der Waals surface area contributed by atoms with Crippen molar-refractivity contribution in [3.63, 3.8) is 0 Å². The third kappa shape index (κ3) is 26.6. The minimum absolute atomic E-state index is 0.155. The second kappa shape index (κ2) is 40.0. The Morgan fingerprint density at radius 2 is 0.609 bits per heavy atom. The molecule has 0 bridgehead atoms. The van der Waals surface area contributed by atoms with Crippen molar-refractivity contribution in [1.82, 2.24) is 0 Å². The number of carbonyl (C=O) groups excluding carboxylic acids is 1. The van der Waals surface area contributed by atoms with Gasteiger partial charge in [0.2, 0.25) is 0 Å². The van der Waals surface area contributed by atoms with Crippen molar-refractivity contribution < 1.29 is 66.4 Å². The fourth-order valence-electron chi connectivity index (χ4n) is 6.31. The van der Waals surface area contributed by atoms with Gasteiger partial charge in [-0.3, -0.25) is 4.79 Å². The number of carbonyl (C=O) groups is 1. The Kier molecular flexibility index (Phi) is 34.3. The lowest BCUT2D eigenvalue weighted by molar-refractivity contribution is -0.145. The molecule has 0 fully saturated rings. The van der Waals surface area contributed by atoms with Gasteiger partial charge in [-0.15, -0.1) is 0 Å². The van der Waals surface area contributed by atoms with Crippen LogP contribution in [0.4, 0.5) is 0 Å². The first-order valence-corrected chi connectivity index (χ1v) is 23.1. The number of ether oxygens (including phenoxy) is 13. The molecule has 3 aromatic rings. The van der Waals surface area contributed by atoms with Crippen LogP contribution in [0.25, 0.3) is 0 Å². The lowest BCUT2D eigenvalue weighted by Gasteiger charge is -2.36. The molecular formula is C50H76O14. The topological polar surface area (TPSA) is 137 Å². The predicted octanol–water partition coefficient (Wildman–Crippen LogP) is 6.69. The van der Waals surface area contributed by atoms with Gasteiger partial charge >= 0.3 is 5.97 Å². The van der Waals surface area contributed by atoms with E-state index in [2.05, 4.69) is 43.3 Å². The molecule has 0 saturated carbocycles. The highest BCUT2D eigenvalue weighted by molar-refractivity contribution is 5.69. The van der Waals surface area contributed by atoms with Crippen LogP contribution in [0.5, 0.6) is 0 Å². The molecule has 0 atom stereocenters. The average molecular weight is 901 g/mol. The second-order valence-electron chi connectivity index (χ2n) is 14.4. The Bertz CT molecular complexity index is 1360. The van der Waals surface area contributed by atoms with Crippen LogP contribution < -0.4 is 0 Å². The first kappa shape index (κ1) is 55.0. The molecule has 0 aromatic heterocycles. The Hall–Kier alpha value is -3.35. The van der Waals surface area contributed by atoms with E-state index >= 15 is 0 Å². The van der Waals surface area contributed by atoms with Crippen molar-refractivity contribution in [2.24, 2.45) is 0 Å². The number of benzene rings is 3. The second-order valence-corrected chi connectivity index (χ2v) is 14.4. The highest BCUT2D eigenvalue weighted by Crippen LogP contribution is 2.40. The maximum Gasteiger partial charge on any atom is 0.305 e. The largest absolute Gasteiger partial charge is 0.463 e. The van der Waals surface area contributed by atoms with Gasteiger partial charge < -0.3 is 61.6 Å². The van der Waals surface area contributed by atoms with Gasteiger partial charge in [-0.25, -0.2) is 0 Å². The van der Waals surface area contributed by atoms with Crippen LogP contribution in [0.3, 0.4) is 0 Å². The van der Waals surface area contributed by atoms with Crippen molar-refractivity contribution in [2.45, 2.75) is 44.6 Å². The van der Waals surface area contributed by atoms with Crippen LogP contribution >= 0.6 is 0 Å². The van der Waals surface area contributed by atoms with Gasteiger partial charge in [0.15, 0.2) is 0 Å². The molecule has 0 amide bonds. The third-order valence-corrected chi connectivity index (χ3v) is 9.53. The molecule has 0 heterocycles. The molecule has 0 aliphatic heterocycles. The SMILES string of the molecule is CCCCCCC(=O)OCCOCCOCCOCCOCCOCCOCCOCCOCCOCCOCCOCCOC(c1ccccc1)(c1ccccc1)c1ccccc1. The molecule has 0 unspecified atom stereocenters. The van der Waals surface area contributed by atoms with Gasteiger partial charge in [0.1, 0.15) is 12.2 Å². The minimum Gasteiger partial charge on any atom is -0.463 e. The Morgan fingerprint density at radius 1 is 0.344 bits per heavy atom. The number of hydrogen-bond donors (Lipinski definition) is 0. The number of rotatable bonds is 45. The minimum atomic E-state index is -0.757. The van der Waals surface area contributed by atoms with Crippen molar-refractivity contribution in [2.75, 3.05) is 159 Å². The molecule has 0 spiro atoms. The zero-order valence-corrected chi connectivity index (χ0v) is 38.4. The molecule has 64 heavy (non-hydrogen) atoms. The summed E-state index contributed by atoms with van der Waals surface area (Å²) in [5, 5.41) is 0. The molecule has 14 nitrogen and oxygen atoms in total. The maximum absolute atomic E-state index is 11.6. The van der Waals surface area contributed by atoms with E-state index in [-0.39, 0.29) is 12.6 Å². The number of unbranched alkanes of at least 4 members (excludes halogenated alkanes) is 3. The van der Waals surface area contributed by atoms with E-state index < -0.39 is 5.60 Å². The third-order valence-electron chi connectivity index (χ3n) is 9.53. The zero-order chi connectivity index (χ0) is 45.1. The standard InChI is InChI=1S/C50H76O14/c1-2-3-4-14-21-49(51)63-44-42-61-40-38-59-36-34-57-32-30-55-28-26-53-24-22-52-23-25-54-27-29-56-31-33-58-35-37-60-39-41-62-43-45-64-50(46-15-8-5-9-16-46,47-17-10-6-11-18-47)48-19-12-7-13-20-48/h5-13,15-20H,2-4,14,21-45H2,1H3. The lowest BCUT2D eigenvalue weighted by Crippen LogP contribution is -2.34. The van der Waals surface area contributed by atoms with E-state index in [9.17, 15) is 4.79 Å². The van der Waals surface area contributed by atoms with Crippen LogP contribution in [-0.4, -0.2) is 165 Å². The summed E-state index contributed by atoms with van der Waals surface area (Å²) in [6, 6.07) is 31.0. The molecule has 3 aromatic carbocycles. The Balaban J connectivity index is 0.990. The van der Waals surface area contributed by atoms with E-state index in [0.29, 0.717) is 158 Å². The molecule has 0 radical (unpaired) electrons. The highest BCUT2D eigenvalue weighted by Gasteiger charge is 2.37. The summed E-state index contributed by atoms with van der Waals surface area (Å²) in [6.45, 7) is 13.3. The van der Waals surface area contributed by atoms with Gasteiger partial charge in [-0.05, 0) is 23.1 Å². The van der Waals surface area contributed by atoms with Crippen molar-refractivity contribution in [3.05, 3.63) is 108 Å². The average Bonchev–Trinajstić information content (AvgIpc) is 3.33. The summed E-state index contributed by atoms with van der Waals surface area (Å²) >= 11 is 0. The summed E-state index contributed by atoms with van der Waals surface area (Å²) < 4.78 is 73.0. The van der Waals surface area contributed by atoms with Crippen LogP contribution in [0, 0.1) is 0 Å². The molecule has 0 saturated heterocycles. The summed E-state index contributed by atoms with van der Waals surface area (Å²) in [5.41, 5.74) is 2.43. The van der Waals surface area contributed by atoms with E-state index in [0.717, 1.165) is 42.4 Å². The van der Waals surface area contributed by atoms with Crippen LogP contribution in [0.15, 0.2) is 91.0 Å².